The van der Waals surface area contributed by atoms with Crippen LogP contribution < -0.4 is 16.2 Å². The second kappa shape index (κ2) is 4.17. The number of halogens is 3. The van der Waals surface area contributed by atoms with Gasteiger partial charge in [0.05, 0.1) is 6.20 Å². The van der Waals surface area contributed by atoms with E-state index in [-0.39, 0.29) is 0 Å². The summed E-state index contributed by atoms with van der Waals surface area (Å²) in [6.07, 6.45) is -4.46. The van der Waals surface area contributed by atoms with E-state index in [1.165, 1.54) is 6.07 Å². The summed E-state index contributed by atoms with van der Waals surface area (Å²) in [6.45, 7) is 0. The Balaban J connectivity index is 3.42. The molecule has 0 spiro atoms. The maximum atomic E-state index is 12.0. The molecule has 4 N–H and O–H groups in total. The third-order valence-corrected chi connectivity index (χ3v) is 1.66. The van der Waals surface area contributed by atoms with E-state index in [2.05, 4.69) is 9.72 Å². The molecule has 0 radical (unpaired) electrons. The zero-order valence-corrected chi connectivity index (χ0v) is 8.08. The van der Waals surface area contributed by atoms with Crippen molar-refractivity contribution in [3.05, 3.63) is 17.3 Å². The Morgan fingerprint density at radius 1 is 1.53 bits per heavy atom. The van der Waals surface area contributed by atoms with Crippen LogP contribution in [0.3, 0.4) is 0 Å². The molecule has 0 saturated carbocycles. The maximum absolute atomic E-state index is 12.0. The lowest BCUT2D eigenvalue weighted by Crippen LogP contribution is -2.22. The third-order valence-electron chi connectivity index (χ3n) is 1.66. The van der Waals surface area contributed by atoms with Crippen molar-refractivity contribution in [3.63, 3.8) is 0 Å². The SMILES string of the molecule is N#Cc1c(N)ncc(OC(F)(F)F)c1C(N)=O. The number of carbonyl (C=O) groups is 1. The lowest BCUT2D eigenvalue weighted by Gasteiger charge is -2.12. The van der Waals surface area contributed by atoms with Gasteiger partial charge >= 0.3 is 6.36 Å². The predicted octanol–water partition coefficient (Wildman–Crippen LogP) is 0.533. The Bertz CT molecular complexity index is 507. The van der Waals surface area contributed by atoms with Gasteiger partial charge in [-0.2, -0.15) is 5.26 Å². The van der Waals surface area contributed by atoms with Gasteiger partial charge in [-0.3, -0.25) is 4.79 Å². The van der Waals surface area contributed by atoms with E-state index < -0.39 is 35.0 Å². The number of hydrogen-bond donors (Lipinski definition) is 2. The Labute approximate surface area is 92.6 Å². The van der Waals surface area contributed by atoms with E-state index in [1.807, 2.05) is 0 Å². The zero-order chi connectivity index (χ0) is 13.2. The number of nitriles is 1. The molecular weight excluding hydrogens is 241 g/mol. The first-order valence-electron chi connectivity index (χ1n) is 4.00. The highest BCUT2D eigenvalue weighted by atomic mass is 19.4. The number of nitrogens with zero attached hydrogens (tertiary/aromatic N) is 2. The first-order valence-corrected chi connectivity index (χ1v) is 4.00. The minimum atomic E-state index is -5.03. The summed E-state index contributed by atoms with van der Waals surface area (Å²) in [6, 6.07) is 1.44. The number of amides is 1. The van der Waals surface area contributed by atoms with Gasteiger partial charge < -0.3 is 16.2 Å². The van der Waals surface area contributed by atoms with Crippen LogP contribution in [0.5, 0.6) is 5.75 Å². The summed E-state index contributed by atoms with van der Waals surface area (Å²) in [5.41, 5.74) is 8.77. The third kappa shape index (κ3) is 2.75. The smallest absolute Gasteiger partial charge is 0.403 e. The summed E-state index contributed by atoms with van der Waals surface area (Å²) in [7, 11) is 0. The molecule has 1 aromatic heterocycles. The first-order chi connectivity index (χ1) is 7.76. The second-order valence-corrected chi connectivity index (χ2v) is 2.78. The van der Waals surface area contributed by atoms with Gasteiger partial charge in [-0.1, -0.05) is 0 Å². The fourth-order valence-corrected chi connectivity index (χ4v) is 1.07. The van der Waals surface area contributed by atoms with Crippen molar-refractivity contribution < 1.29 is 22.7 Å². The molecule has 90 valence electrons. The van der Waals surface area contributed by atoms with Gasteiger partial charge in [-0.05, 0) is 0 Å². The van der Waals surface area contributed by atoms with Crippen molar-refractivity contribution in [1.29, 1.82) is 5.26 Å². The van der Waals surface area contributed by atoms with Crippen LogP contribution in [0.25, 0.3) is 0 Å². The van der Waals surface area contributed by atoms with Crippen LogP contribution in [0.1, 0.15) is 15.9 Å². The van der Waals surface area contributed by atoms with Crippen LogP contribution in [-0.4, -0.2) is 17.3 Å². The Morgan fingerprint density at radius 2 is 2.12 bits per heavy atom. The highest BCUT2D eigenvalue weighted by molar-refractivity contribution is 5.99. The molecule has 0 aromatic carbocycles. The average Bonchev–Trinajstić information content (AvgIpc) is 2.17. The van der Waals surface area contributed by atoms with Gasteiger partial charge in [0.25, 0.3) is 5.91 Å². The van der Waals surface area contributed by atoms with Crippen LogP contribution in [0.2, 0.25) is 0 Å². The van der Waals surface area contributed by atoms with Crippen molar-refractivity contribution in [2.24, 2.45) is 5.73 Å². The Hall–Kier alpha value is -2.50. The van der Waals surface area contributed by atoms with E-state index in [0.29, 0.717) is 6.20 Å². The van der Waals surface area contributed by atoms with Gasteiger partial charge in [0, 0.05) is 0 Å². The molecule has 1 amide bonds. The number of alkyl halides is 3. The van der Waals surface area contributed by atoms with Crippen molar-refractivity contribution in [3.8, 4) is 11.8 Å². The minimum absolute atomic E-state index is 0.407. The van der Waals surface area contributed by atoms with Crippen molar-refractivity contribution in [2.75, 3.05) is 5.73 Å². The van der Waals surface area contributed by atoms with Gasteiger partial charge in [0.1, 0.15) is 23.0 Å². The minimum Gasteiger partial charge on any atom is -0.403 e. The lowest BCUT2D eigenvalue weighted by atomic mass is 10.1. The van der Waals surface area contributed by atoms with E-state index in [0.717, 1.165) is 0 Å². The average molecular weight is 246 g/mol. The molecule has 1 heterocycles. The molecular formula is C8H5F3N4O2. The Kier molecular flexibility index (Phi) is 3.08. The molecule has 0 unspecified atom stereocenters. The standard InChI is InChI=1S/C8H5F3N4O2/c9-8(10,11)17-4-2-15-6(13)3(1-12)5(4)7(14)16/h2H,(H2,13,15)(H2,14,16). The van der Waals surface area contributed by atoms with Crippen molar-refractivity contribution in [2.45, 2.75) is 6.36 Å². The second-order valence-electron chi connectivity index (χ2n) is 2.78. The maximum Gasteiger partial charge on any atom is 0.573 e. The number of ether oxygens (including phenoxy) is 1. The molecule has 0 aliphatic rings. The molecule has 0 bridgehead atoms. The Morgan fingerprint density at radius 3 is 2.53 bits per heavy atom. The van der Waals surface area contributed by atoms with Crippen LogP contribution in [0.4, 0.5) is 19.0 Å². The predicted molar refractivity (Wildman–Crippen MR) is 48.6 cm³/mol. The molecule has 1 aromatic rings. The monoisotopic (exact) mass is 246 g/mol. The number of pyridine rings is 1. The number of nitrogens with two attached hydrogens (primary N) is 2. The number of hydrogen-bond acceptors (Lipinski definition) is 5. The molecule has 17 heavy (non-hydrogen) atoms. The number of carbonyl (C=O) groups excluding carboxylic acids is 1. The van der Waals surface area contributed by atoms with Crippen molar-refractivity contribution >= 4 is 11.7 Å². The molecule has 6 nitrogen and oxygen atoms in total. The molecule has 0 aliphatic carbocycles. The normalized spacial score (nSPS) is 10.7. The van der Waals surface area contributed by atoms with Crippen molar-refractivity contribution in [1.82, 2.24) is 4.98 Å². The number of primary amides is 1. The summed E-state index contributed by atoms with van der Waals surface area (Å²) in [4.78, 5) is 14.3. The summed E-state index contributed by atoms with van der Waals surface area (Å²) < 4.78 is 39.5. The molecule has 0 atom stereocenters. The topological polar surface area (TPSA) is 115 Å². The first kappa shape index (κ1) is 12.6. The summed E-state index contributed by atoms with van der Waals surface area (Å²) >= 11 is 0. The van der Waals surface area contributed by atoms with E-state index >= 15 is 0 Å². The van der Waals surface area contributed by atoms with Gasteiger partial charge in [-0.15, -0.1) is 13.2 Å². The quantitative estimate of drug-likeness (QED) is 0.789. The van der Waals surface area contributed by atoms with E-state index in [4.69, 9.17) is 16.7 Å². The number of rotatable bonds is 2. The molecule has 9 heteroatoms. The highest BCUT2D eigenvalue weighted by Crippen LogP contribution is 2.29. The lowest BCUT2D eigenvalue weighted by molar-refractivity contribution is -0.274. The molecule has 0 fully saturated rings. The van der Waals surface area contributed by atoms with Gasteiger partial charge in [0.2, 0.25) is 0 Å². The van der Waals surface area contributed by atoms with E-state index in [9.17, 15) is 18.0 Å². The number of aromatic nitrogens is 1. The number of anilines is 1. The fraction of sp³-hybridized carbons (Fsp3) is 0.125. The molecule has 0 aliphatic heterocycles. The van der Waals surface area contributed by atoms with Gasteiger partial charge in [-0.25, -0.2) is 4.98 Å². The fourth-order valence-electron chi connectivity index (χ4n) is 1.07. The van der Waals surface area contributed by atoms with Crippen LogP contribution >= 0.6 is 0 Å². The molecule has 0 saturated heterocycles. The van der Waals surface area contributed by atoms with E-state index in [1.54, 1.807) is 0 Å². The summed E-state index contributed by atoms with van der Waals surface area (Å²) in [5.74, 6) is -2.64. The van der Waals surface area contributed by atoms with Crippen LogP contribution in [0.15, 0.2) is 6.20 Å². The van der Waals surface area contributed by atoms with Crippen LogP contribution in [0, 0.1) is 11.3 Å². The largest absolute Gasteiger partial charge is 0.573 e. The van der Waals surface area contributed by atoms with Crippen LogP contribution in [-0.2, 0) is 0 Å². The van der Waals surface area contributed by atoms with Gasteiger partial charge in [0.15, 0.2) is 5.75 Å². The number of nitrogen functional groups attached to an aromatic ring is 1. The molecule has 1 rings (SSSR count). The zero-order valence-electron chi connectivity index (χ0n) is 8.08. The highest BCUT2D eigenvalue weighted by Gasteiger charge is 2.34. The summed E-state index contributed by atoms with van der Waals surface area (Å²) in [5, 5.41) is 8.66.